The third-order valence-corrected chi connectivity index (χ3v) is 6.95. The summed E-state index contributed by atoms with van der Waals surface area (Å²) in [5, 5.41) is 20.3. The van der Waals surface area contributed by atoms with E-state index in [1.165, 1.54) is 0 Å². The molecule has 1 aromatic heterocycles. The number of carbonyl (C=O) groups excluding carboxylic acids is 1. The minimum absolute atomic E-state index is 0.0746. The maximum atomic E-state index is 13.7. The van der Waals surface area contributed by atoms with Gasteiger partial charge in [0.2, 0.25) is 5.62 Å². The summed E-state index contributed by atoms with van der Waals surface area (Å²) in [5.41, 5.74) is 4.17. The number of aryl methyl sites for hydroxylation is 1. The number of phenols is 1. The summed E-state index contributed by atoms with van der Waals surface area (Å²) in [4.78, 5) is 24.9. The van der Waals surface area contributed by atoms with Gasteiger partial charge in [-0.1, -0.05) is 67.0 Å². The Labute approximate surface area is 233 Å². The molecular weight excluding hydrogens is 546 g/mol. The largest absolute Gasteiger partial charge is 0.507 e. The maximum Gasteiger partial charge on any atom is 0.335 e. The molecule has 38 heavy (non-hydrogen) atoms. The SMILES string of the molecule is CCCc1cn(CC(=O)c2cc(C(C)(C)C)c(O)c(C(C)(C)C)c2)c(=NBr)n1Cc1ccc(C(=O)O)cc1. The van der Waals surface area contributed by atoms with E-state index in [9.17, 15) is 19.8 Å². The first-order valence-corrected chi connectivity index (χ1v) is 13.6. The molecule has 0 amide bonds. The summed E-state index contributed by atoms with van der Waals surface area (Å²) < 4.78 is 8.22. The van der Waals surface area contributed by atoms with E-state index >= 15 is 0 Å². The van der Waals surface area contributed by atoms with Gasteiger partial charge in [-0.25, -0.2) is 4.79 Å². The maximum absolute atomic E-state index is 13.7. The zero-order valence-electron chi connectivity index (χ0n) is 23.3. The minimum Gasteiger partial charge on any atom is -0.507 e. The molecular formula is C30H38BrN3O4. The fourth-order valence-electron chi connectivity index (χ4n) is 4.55. The van der Waals surface area contributed by atoms with Crippen LogP contribution >= 0.6 is 16.1 Å². The second-order valence-corrected chi connectivity index (χ2v) is 12.2. The average molecular weight is 585 g/mol. The number of carboxylic acids is 1. The summed E-state index contributed by atoms with van der Waals surface area (Å²) >= 11 is 3.26. The second-order valence-electron chi connectivity index (χ2n) is 11.8. The molecule has 0 spiro atoms. The lowest BCUT2D eigenvalue weighted by Crippen LogP contribution is -2.29. The molecule has 7 nitrogen and oxygen atoms in total. The van der Waals surface area contributed by atoms with E-state index in [1.807, 2.05) is 69.0 Å². The van der Waals surface area contributed by atoms with Crippen LogP contribution in [0.25, 0.3) is 0 Å². The third kappa shape index (κ3) is 6.46. The standard InChI is InChI=1S/C30H38BrN3O4/c1-8-9-22-17-33(28(32-31)34(22)16-19-10-12-20(13-11-19)27(37)38)18-25(35)21-14-23(29(2,3)4)26(36)24(15-21)30(5,6)7/h10-15,17,36H,8-9,16,18H2,1-7H3,(H,37,38). The molecule has 0 fully saturated rings. The normalized spacial score (nSPS) is 12.7. The molecule has 3 rings (SSSR count). The van der Waals surface area contributed by atoms with Gasteiger partial charge in [0, 0.05) is 28.6 Å². The smallest absolute Gasteiger partial charge is 0.335 e. The molecule has 0 aliphatic carbocycles. The quantitative estimate of drug-likeness (QED) is 0.300. The zero-order valence-corrected chi connectivity index (χ0v) is 24.9. The highest BCUT2D eigenvalue weighted by atomic mass is 79.9. The minimum atomic E-state index is -0.963. The summed E-state index contributed by atoms with van der Waals surface area (Å²) in [5.74, 6) is -0.791. The van der Waals surface area contributed by atoms with E-state index in [0.717, 1.165) is 35.2 Å². The lowest BCUT2D eigenvalue weighted by molar-refractivity contribution is 0.0696. The number of hydrogen-bond acceptors (Lipinski definition) is 4. The highest BCUT2D eigenvalue weighted by Crippen LogP contribution is 2.39. The van der Waals surface area contributed by atoms with Crippen molar-refractivity contribution in [2.75, 3.05) is 0 Å². The Balaban J connectivity index is 2.04. The molecule has 0 radical (unpaired) electrons. The molecule has 0 bridgehead atoms. The van der Waals surface area contributed by atoms with E-state index in [-0.39, 0.29) is 34.5 Å². The second kappa shape index (κ2) is 11.3. The van der Waals surface area contributed by atoms with Crippen LogP contribution in [0.5, 0.6) is 5.75 Å². The molecule has 2 aromatic carbocycles. The first-order valence-electron chi connectivity index (χ1n) is 12.8. The molecule has 0 aliphatic rings. The molecule has 0 saturated carbocycles. The monoisotopic (exact) mass is 583 g/mol. The van der Waals surface area contributed by atoms with Crippen molar-refractivity contribution in [2.45, 2.75) is 85.2 Å². The van der Waals surface area contributed by atoms with Crippen LogP contribution in [0.1, 0.15) is 98.0 Å². The Bertz CT molecular complexity index is 1370. The van der Waals surface area contributed by atoms with E-state index in [1.54, 1.807) is 24.3 Å². The highest BCUT2D eigenvalue weighted by molar-refractivity contribution is 9.08. The Morgan fingerprint density at radius 3 is 1.95 bits per heavy atom. The summed E-state index contributed by atoms with van der Waals surface area (Å²) in [7, 11) is 0. The first kappa shape index (κ1) is 29.4. The summed E-state index contributed by atoms with van der Waals surface area (Å²) in [6, 6.07) is 10.4. The molecule has 0 aliphatic heterocycles. The average Bonchev–Trinajstić information content (AvgIpc) is 3.13. The predicted octanol–water partition coefficient (Wildman–Crippen LogP) is 6.38. The number of carboxylic acid groups (broad SMARTS) is 1. The van der Waals surface area contributed by atoms with Gasteiger partial charge < -0.3 is 19.3 Å². The Morgan fingerprint density at radius 2 is 1.50 bits per heavy atom. The topological polar surface area (TPSA) is 96.8 Å². The fourth-order valence-corrected chi connectivity index (χ4v) is 4.94. The number of nitrogens with zero attached hydrogens (tertiary/aromatic N) is 3. The van der Waals surface area contributed by atoms with Gasteiger partial charge in [0.15, 0.2) is 5.78 Å². The van der Waals surface area contributed by atoms with Crippen LogP contribution in [0.15, 0.2) is 46.6 Å². The van der Waals surface area contributed by atoms with Gasteiger partial charge in [-0.05, 0) is 47.1 Å². The number of benzene rings is 2. The van der Waals surface area contributed by atoms with Gasteiger partial charge in [-0.3, -0.25) is 4.79 Å². The van der Waals surface area contributed by atoms with Crippen LogP contribution in [-0.2, 0) is 30.3 Å². The van der Waals surface area contributed by atoms with E-state index in [4.69, 9.17) is 0 Å². The van der Waals surface area contributed by atoms with Crippen molar-refractivity contribution in [3.8, 4) is 5.75 Å². The van der Waals surface area contributed by atoms with Crippen LogP contribution in [0.4, 0.5) is 0 Å². The van der Waals surface area contributed by atoms with E-state index in [0.29, 0.717) is 17.7 Å². The molecule has 204 valence electrons. The Morgan fingerprint density at radius 1 is 0.947 bits per heavy atom. The molecule has 0 unspecified atom stereocenters. The van der Waals surface area contributed by atoms with Gasteiger partial charge in [0.1, 0.15) is 5.75 Å². The van der Waals surface area contributed by atoms with E-state index in [2.05, 4.69) is 27.1 Å². The van der Waals surface area contributed by atoms with Gasteiger partial charge in [-0.2, -0.15) is 4.02 Å². The summed E-state index contributed by atoms with van der Waals surface area (Å²) in [6.07, 6.45) is 3.67. The van der Waals surface area contributed by atoms with Crippen LogP contribution < -0.4 is 5.62 Å². The molecule has 2 N–H and O–H groups in total. The number of carbonyl (C=O) groups is 2. The number of hydrogen-bond donors (Lipinski definition) is 2. The number of rotatable bonds is 8. The number of ketones is 1. The van der Waals surface area contributed by atoms with Crippen LogP contribution in [-0.4, -0.2) is 31.1 Å². The van der Waals surface area contributed by atoms with Crippen LogP contribution in [0, 0.1) is 0 Å². The van der Waals surface area contributed by atoms with Gasteiger partial charge in [-0.15, -0.1) is 0 Å². The lowest BCUT2D eigenvalue weighted by atomic mass is 9.78. The molecule has 0 atom stereocenters. The van der Waals surface area contributed by atoms with Gasteiger partial charge in [0.25, 0.3) is 0 Å². The van der Waals surface area contributed by atoms with Crippen molar-refractivity contribution in [2.24, 2.45) is 4.02 Å². The molecule has 1 heterocycles. The number of imidazole rings is 1. The van der Waals surface area contributed by atoms with Crippen LogP contribution in [0.2, 0.25) is 0 Å². The number of phenolic OH excluding ortho intramolecular Hbond substituents is 1. The summed E-state index contributed by atoms with van der Waals surface area (Å²) in [6.45, 7) is 14.8. The Kier molecular flexibility index (Phi) is 8.76. The molecule has 0 saturated heterocycles. The first-order chi connectivity index (χ1) is 17.7. The number of aromatic nitrogens is 2. The highest BCUT2D eigenvalue weighted by Gasteiger charge is 2.28. The number of halogens is 1. The van der Waals surface area contributed by atoms with Crippen molar-refractivity contribution < 1.29 is 19.8 Å². The zero-order chi connectivity index (χ0) is 28.4. The van der Waals surface area contributed by atoms with Gasteiger partial charge >= 0.3 is 5.97 Å². The number of aromatic carboxylic acids is 1. The van der Waals surface area contributed by atoms with Crippen molar-refractivity contribution in [3.63, 3.8) is 0 Å². The predicted molar refractivity (Wildman–Crippen MR) is 153 cm³/mol. The number of Topliss-reactive ketones (excluding diaryl/α,β-unsaturated/α-hetero) is 1. The van der Waals surface area contributed by atoms with Crippen molar-refractivity contribution in [1.29, 1.82) is 0 Å². The third-order valence-electron chi connectivity index (χ3n) is 6.64. The van der Waals surface area contributed by atoms with E-state index < -0.39 is 5.97 Å². The Hall–Kier alpha value is -3.13. The number of aromatic hydroxyl groups is 1. The molecule has 3 aromatic rings. The van der Waals surface area contributed by atoms with Crippen molar-refractivity contribution >= 4 is 27.9 Å². The van der Waals surface area contributed by atoms with Crippen LogP contribution in [0.3, 0.4) is 0 Å². The van der Waals surface area contributed by atoms with Crippen molar-refractivity contribution in [1.82, 2.24) is 9.13 Å². The molecule has 8 heteroatoms. The fraction of sp³-hybridized carbons (Fsp3) is 0.433. The lowest BCUT2D eigenvalue weighted by Gasteiger charge is -2.28. The van der Waals surface area contributed by atoms with Gasteiger partial charge in [0.05, 0.1) is 34.8 Å². The van der Waals surface area contributed by atoms with Crippen molar-refractivity contribution in [3.05, 3.63) is 81.7 Å².